The molecular weight excluding hydrogens is 228 g/mol. The molecule has 1 saturated heterocycles. The number of nitrogens with one attached hydrogen (secondary N) is 1. The van der Waals surface area contributed by atoms with Crippen molar-refractivity contribution in [2.24, 2.45) is 0 Å². The smallest absolute Gasteiger partial charge is 0.292 e. The van der Waals surface area contributed by atoms with E-state index in [4.69, 9.17) is 11.6 Å². The number of rotatable bonds is 1. The van der Waals surface area contributed by atoms with E-state index in [2.05, 4.69) is 5.32 Å². The molecule has 0 saturated carbocycles. The Hall–Kier alpha value is -1.81. The van der Waals surface area contributed by atoms with Crippen LogP contribution in [0.15, 0.2) is 30.0 Å². The van der Waals surface area contributed by atoms with Crippen LogP contribution >= 0.6 is 11.6 Å². The van der Waals surface area contributed by atoms with Gasteiger partial charge in [-0.2, -0.15) is 0 Å². The summed E-state index contributed by atoms with van der Waals surface area (Å²) >= 11 is 5.74. The normalized spacial score (nSPS) is 18.1. The number of benzene rings is 1. The first-order chi connectivity index (χ1) is 7.58. The van der Waals surface area contributed by atoms with Gasteiger partial charge in [0.2, 0.25) is 0 Å². The predicted molar refractivity (Wildman–Crippen MR) is 60.7 cm³/mol. The van der Waals surface area contributed by atoms with Gasteiger partial charge in [0.15, 0.2) is 0 Å². The summed E-state index contributed by atoms with van der Waals surface area (Å²) in [5, 5.41) is 2.83. The van der Waals surface area contributed by atoms with Crippen molar-refractivity contribution in [3.63, 3.8) is 0 Å². The second kappa shape index (κ2) is 3.98. The highest BCUT2D eigenvalue weighted by Crippen LogP contribution is 2.16. The zero-order valence-corrected chi connectivity index (χ0v) is 9.28. The van der Waals surface area contributed by atoms with Crippen LogP contribution in [0.1, 0.15) is 5.56 Å². The highest BCUT2D eigenvalue weighted by atomic mass is 35.5. The number of nitrogens with zero attached hydrogens (tertiary/aromatic N) is 1. The molecule has 1 N–H and O–H groups in total. The molecule has 2 rings (SSSR count). The summed E-state index contributed by atoms with van der Waals surface area (Å²) in [7, 11) is 1.54. The Labute approximate surface area is 97.5 Å². The van der Waals surface area contributed by atoms with Gasteiger partial charge in [0, 0.05) is 12.1 Å². The average Bonchev–Trinajstić information content (AvgIpc) is 2.48. The zero-order chi connectivity index (χ0) is 11.7. The number of likely N-dealkylation sites (N-methyl/N-ethyl adjacent to an activating group) is 1. The maximum atomic E-state index is 11.4. The van der Waals surface area contributed by atoms with E-state index in [1.54, 1.807) is 37.4 Å². The Morgan fingerprint density at radius 3 is 2.38 bits per heavy atom. The van der Waals surface area contributed by atoms with E-state index in [9.17, 15) is 9.59 Å². The molecule has 82 valence electrons. The maximum absolute atomic E-state index is 11.4. The molecule has 1 heterocycles. The lowest BCUT2D eigenvalue weighted by molar-refractivity contribution is -0.115. The second-order valence-corrected chi connectivity index (χ2v) is 3.84. The van der Waals surface area contributed by atoms with Gasteiger partial charge in [-0.3, -0.25) is 15.0 Å². The minimum Gasteiger partial charge on any atom is -0.292 e. The van der Waals surface area contributed by atoms with Crippen molar-refractivity contribution in [1.29, 1.82) is 0 Å². The first-order valence-corrected chi connectivity index (χ1v) is 5.02. The number of urea groups is 1. The van der Waals surface area contributed by atoms with Gasteiger partial charge in [-0.25, -0.2) is 4.79 Å². The molecular formula is C11H9ClN2O2. The molecule has 1 fully saturated rings. The fourth-order valence-electron chi connectivity index (χ4n) is 1.39. The molecule has 1 aliphatic heterocycles. The van der Waals surface area contributed by atoms with Gasteiger partial charge >= 0.3 is 6.03 Å². The van der Waals surface area contributed by atoms with Crippen molar-refractivity contribution in [2.45, 2.75) is 0 Å². The monoisotopic (exact) mass is 236 g/mol. The van der Waals surface area contributed by atoms with Crippen molar-refractivity contribution in [1.82, 2.24) is 10.2 Å². The van der Waals surface area contributed by atoms with Gasteiger partial charge in [-0.05, 0) is 23.8 Å². The Morgan fingerprint density at radius 1 is 1.25 bits per heavy atom. The molecule has 0 unspecified atom stereocenters. The minimum absolute atomic E-state index is 0.326. The maximum Gasteiger partial charge on any atom is 0.328 e. The van der Waals surface area contributed by atoms with E-state index < -0.39 is 6.03 Å². The number of halogens is 1. The standard InChI is InChI=1S/C11H9ClN2O2/c1-14-9(10(15)13-11(14)16)6-7-2-4-8(12)5-3-7/h2-6H,1H3,(H,13,15,16). The van der Waals surface area contributed by atoms with Gasteiger partial charge in [0.05, 0.1) is 0 Å². The van der Waals surface area contributed by atoms with E-state index in [1.165, 1.54) is 4.90 Å². The van der Waals surface area contributed by atoms with E-state index in [0.717, 1.165) is 5.56 Å². The van der Waals surface area contributed by atoms with Crippen LogP contribution in [-0.4, -0.2) is 23.9 Å². The van der Waals surface area contributed by atoms with Crippen molar-refractivity contribution < 1.29 is 9.59 Å². The van der Waals surface area contributed by atoms with Crippen LogP contribution in [0.3, 0.4) is 0 Å². The number of carbonyl (C=O) groups excluding carboxylic acids is 2. The first-order valence-electron chi connectivity index (χ1n) is 4.64. The molecule has 3 amide bonds. The predicted octanol–water partition coefficient (Wildman–Crippen LogP) is 1.86. The number of carbonyl (C=O) groups is 2. The quantitative estimate of drug-likeness (QED) is 0.598. The highest BCUT2D eigenvalue weighted by Gasteiger charge is 2.29. The second-order valence-electron chi connectivity index (χ2n) is 3.40. The SMILES string of the molecule is CN1C(=O)NC(=O)C1=Cc1ccc(Cl)cc1. The fraction of sp³-hybridized carbons (Fsp3) is 0.0909. The van der Waals surface area contributed by atoms with Crippen LogP contribution in [0, 0.1) is 0 Å². The molecule has 4 nitrogen and oxygen atoms in total. The van der Waals surface area contributed by atoms with E-state index in [1.807, 2.05) is 0 Å². The van der Waals surface area contributed by atoms with Gasteiger partial charge in [0.25, 0.3) is 5.91 Å². The number of hydrogen-bond acceptors (Lipinski definition) is 2. The molecule has 5 heteroatoms. The van der Waals surface area contributed by atoms with Crippen LogP contribution in [-0.2, 0) is 4.79 Å². The van der Waals surface area contributed by atoms with Crippen LogP contribution in [0.25, 0.3) is 6.08 Å². The zero-order valence-electron chi connectivity index (χ0n) is 8.53. The van der Waals surface area contributed by atoms with Crippen molar-refractivity contribution in [3.8, 4) is 0 Å². The molecule has 1 aromatic rings. The fourth-order valence-corrected chi connectivity index (χ4v) is 1.51. The molecule has 0 aromatic heterocycles. The Bertz CT molecular complexity index is 479. The van der Waals surface area contributed by atoms with E-state index in [0.29, 0.717) is 10.7 Å². The van der Waals surface area contributed by atoms with E-state index >= 15 is 0 Å². The number of imide groups is 1. The molecule has 0 radical (unpaired) electrons. The van der Waals surface area contributed by atoms with Crippen molar-refractivity contribution in [3.05, 3.63) is 40.5 Å². The number of hydrogen-bond donors (Lipinski definition) is 1. The minimum atomic E-state index is -0.412. The number of amides is 3. The average molecular weight is 237 g/mol. The van der Waals surface area contributed by atoms with Gasteiger partial charge in [0.1, 0.15) is 5.70 Å². The molecule has 0 atom stereocenters. The Kier molecular flexibility index (Phi) is 2.66. The summed E-state index contributed by atoms with van der Waals surface area (Å²) in [4.78, 5) is 23.8. The molecule has 0 bridgehead atoms. The van der Waals surface area contributed by atoms with E-state index in [-0.39, 0.29) is 5.91 Å². The van der Waals surface area contributed by atoms with Gasteiger partial charge < -0.3 is 0 Å². The third kappa shape index (κ3) is 1.92. The lowest BCUT2D eigenvalue weighted by Crippen LogP contribution is -2.24. The largest absolute Gasteiger partial charge is 0.328 e. The lowest BCUT2D eigenvalue weighted by Gasteiger charge is -2.06. The van der Waals surface area contributed by atoms with Crippen LogP contribution in [0.5, 0.6) is 0 Å². The third-order valence-corrected chi connectivity index (χ3v) is 2.54. The summed E-state index contributed by atoms with van der Waals surface area (Å²) in [6.45, 7) is 0. The summed E-state index contributed by atoms with van der Waals surface area (Å²) in [6.07, 6.45) is 1.64. The topological polar surface area (TPSA) is 49.4 Å². The summed E-state index contributed by atoms with van der Waals surface area (Å²) in [5.74, 6) is -0.387. The van der Waals surface area contributed by atoms with Crippen LogP contribution in [0.4, 0.5) is 4.79 Å². The molecule has 1 aliphatic rings. The molecule has 0 aliphatic carbocycles. The Balaban J connectivity index is 2.34. The summed E-state index contributed by atoms with van der Waals surface area (Å²) in [6, 6.07) is 6.59. The summed E-state index contributed by atoms with van der Waals surface area (Å²) in [5.41, 5.74) is 1.14. The van der Waals surface area contributed by atoms with Crippen molar-refractivity contribution >= 4 is 29.6 Å². The summed E-state index contributed by atoms with van der Waals surface area (Å²) < 4.78 is 0. The molecule has 16 heavy (non-hydrogen) atoms. The van der Waals surface area contributed by atoms with Gasteiger partial charge in [-0.15, -0.1) is 0 Å². The van der Waals surface area contributed by atoms with Gasteiger partial charge in [-0.1, -0.05) is 23.7 Å². The van der Waals surface area contributed by atoms with Crippen molar-refractivity contribution in [2.75, 3.05) is 7.05 Å². The molecule has 0 spiro atoms. The lowest BCUT2D eigenvalue weighted by atomic mass is 10.2. The van der Waals surface area contributed by atoms with Crippen LogP contribution < -0.4 is 5.32 Å². The first kappa shape index (κ1) is 10.7. The highest BCUT2D eigenvalue weighted by molar-refractivity contribution is 6.30. The van der Waals surface area contributed by atoms with Crippen LogP contribution in [0.2, 0.25) is 5.02 Å². The third-order valence-electron chi connectivity index (χ3n) is 2.29. The molecule has 1 aromatic carbocycles. The Morgan fingerprint density at radius 2 is 1.88 bits per heavy atom.